The van der Waals surface area contributed by atoms with Crippen molar-refractivity contribution < 1.29 is 14.7 Å². The van der Waals surface area contributed by atoms with Gasteiger partial charge in [-0.05, 0) is 12.1 Å². The normalized spacial score (nSPS) is 10.6. The third-order valence-corrected chi connectivity index (χ3v) is 2.01. The topological polar surface area (TPSA) is 54.7 Å². The highest BCUT2D eigenvalue weighted by Crippen LogP contribution is 2.09. The molecule has 0 aliphatic rings. The average molecular weight is 198 g/mol. The number of carbonyl (C=O) groups excluding carboxylic acids is 1. The molecule has 0 aliphatic heterocycles. The van der Waals surface area contributed by atoms with Gasteiger partial charge in [0, 0.05) is 19.8 Å². The number of nitrogens with zero attached hydrogens (tertiary/aromatic N) is 2. The van der Waals surface area contributed by atoms with E-state index in [0.29, 0.717) is 12.2 Å². The number of hydrogen-bond acceptors (Lipinski definition) is 4. The van der Waals surface area contributed by atoms with Crippen molar-refractivity contribution >= 4 is 5.97 Å². The molecule has 0 saturated heterocycles. The van der Waals surface area contributed by atoms with Gasteiger partial charge in [-0.2, -0.15) is 5.06 Å². The first kappa shape index (κ1) is 10.7. The number of hydroxylamine groups is 2. The van der Waals surface area contributed by atoms with Crippen LogP contribution < -0.4 is 0 Å². The van der Waals surface area contributed by atoms with Crippen LogP contribution in [0.3, 0.4) is 0 Å². The van der Waals surface area contributed by atoms with Crippen LogP contribution in [0.2, 0.25) is 0 Å². The van der Waals surface area contributed by atoms with E-state index in [-0.39, 0.29) is 5.97 Å². The third-order valence-electron chi connectivity index (χ3n) is 2.01. The van der Waals surface area contributed by atoms with Crippen molar-refractivity contribution in [1.29, 1.82) is 0 Å². The number of aromatic nitrogens is 1. The van der Waals surface area contributed by atoms with E-state index in [1.807, 2.05) is 0 Å². The Kier molecular flexibility index (Phi) is 3.27. The van der Waals surface area contributed by atoms with Gasteiger partial charge in [-0.1, -0.05) is 0 Å². The van der Waals surface area contributed by atoms with Crippen LogP contribution in [0, 0.1) is 0 Å². The Labute approximate surface area is 82.5 Å². The second-order valence-corrected chi connectivity index (χ2v) is 3.08. The first-order chi connectivity index (χ1) is 6.56. The number of hydrogen-bond donors (Lipinski definition) is 1. The lowest BCUT2D eigenvalue weighted by molar-refractivity contribution is -0.0746. The van der Waals surface area contributed by atoms with Crippen molar-refractivity contribution in [3.63, 3.8) is 0 Å². The first-order valence-corrected chi connectivity index (χ1v) is 4.19. The fourth-order valence-corrected chi connectivity index (χ4v) is 1.26. The molecule has 1 heterocycles. The minimum atomic E-state index is -0.376. The van der Waals surface area contributed by atoms with Crippen LogP contribution in [0.15, 0.2) is 12.1 Å². The molecule has 78 valence electrons. The molecular weight excluding hydrogens is 184 g/mol. The summed E-state index contributed by atoms with van der Waals surface area (Å²) in [5, 5.41) is 10.1. The SMILES string of the molecule is COC(=O)c1ccc(CN(C)O)n1C. The molecule has 0 atom stereocenters. The maximum atomic E-state index is 11.2. The summed E-state index contributed by atoms with van der Waals surface area (Å²) in [6.07, 6.45) is 0. The molecule has 0 spiro atoms. The van der Waals surface area contributed by atoms with Crippen molar-refractivity contribution in [3.05, 3.63) is 23.5 Å². The zero-order chi connectivity index (χ0) is 10.7. The maximum Gasteiger partial charge on any atom is 0.354 e. The Hall–Kier alpha value is -1.33. The van der Waals surface area contributed by atoms with Crippen molar-refractivity contribution in [2.45, 2.75) is 6.54 Å². The predicted molar refractivity (Wildman–Crippen MR) is 50.0 cm³/mol. The van der Waals surface area contributed by atoms with Gasteiger partial charge < -0.3 is 14.5 Å². The zero-order valence-corrected chi connectivity index (χ0v) is 8.52. The molecule has 0 saturated carbocycles. The molecule has 1 N–H and O–H groups in total. The number of esters is 1. The molecular formula is C9H14N2O3. The second-order valence-electron chi connectivity index (χ2n) is 3.08. The molecule has 1 aromatic heterocycles. The lowest BCUT2D eigenvalue weighted by Gasteiger charge is -2.10. The third kappa shape index (κ3) is 2.12. The lowest BCUT2D eigenvalue weighted by atomic mass is 10.4. The van der Waals surface area contributed by atoms with Gasteiger partial charge in [-0.3, -0.25) is 0 Å². The molecule has 1 aromatic rings. The van der Waals surface area contributed by atoms with E-state index in [0.717, 1.165) is 10.8 Å². The van der Waals surface area contributed by atoms with Gasteiger partial charge in [0.25, 0.3) is 0 Å². The highest BCUT2D eigenvalue weighted by Gasteiger charge is 2.12. The summed E-state index contributed by atoms with van der Waals surface area (Å²) in [7, 11) is 4.64. The number of rotatable bonds is 3. The highest BCUT2D eigenvalue weighted by atomic mass is 16.5. The van der Waals surface area contributed by atoms with E-state index in [4.69, 9.17) is 5.21 Å². The summed E-state index contributed by atoms with van der Waals surface area (Å²) >= 11 is 0. The molecule has 0 fully saturated rings. The van der Waals surface area contributed by atoms with Gasteiger partial charge in [0.15, 0.2) is 0 Å². The van der Waals surface area contributed by atoms with Crippen LogP contribution >= 0.6 is 0 Å². The van der Waals surface area contributed by atoms with E-state index in [1.165, 1.54) is 7.11 Å². The summed E-state index contributed by atoms with van der Waals surface area (Å²) in [4.78, 5) is 11.2. The van der Waals surface area contributed by atoms with Gasteiger partial charge in [0.1, 0.15) is 5.69 Å². The van der Waals surface area contributed by atoms with Crippen molar-refractivity contribution in [3.8, 4) is 0 Å². The van der Waals surface area contributed by atoms with Crippen LogP contribution in [0.1, 0.15) is 16.2 Å². The largest absolute Gasteiger partial charge is 0.464 e. The van der Waals surface area contributed by atoms with Crippen LogP contribution in [0.5, 0.6) is 0 Å². The summed E-state index contributed by atoms with van der Waals surface area (Å²) in [6.45, 7) is 0.369. The maximum absolute atomic E-state index is 11.2. The Morgan fingerprint density at radius 2 is 2.29 bits per heavy atom. The summed E-state index contributed by atoms with van der Waals surface area (Å²) in [6, 6.07) is 3.45. The number of methoxy groups -OCH3 is 1. The Morgan fingerprint density at radius 3 is 2.79 bits per heavy atom. The average Bonchev–Trinajstić information content (AvgIpc) is 2.46. The molecule has 0 radical (unpaired) electrons. The van der Waals surface area contributed by atoms with Gasteiger partial charge in [-0.25, -0.2) is 4.79 Å². The van der Waals surface area contributed by atoms with E-state index < -0.39 is 0 Å². The van der Waals surface area contributed by atoms with E-state index in [2.05, 4.69) is 4.74 Å². The molecule has 0 amide bonds. The molecule has 0 aliphatic carbocycles. The zero-order valence-electron chi connectivity index (χ0n) is 8.52. The fraction of sp³-hybridized carbons (Fsp3) is 0.444. The predicted octanol–water partition coefficient (Wildman–Crippen LogP) is 0.633. The van der Waals surface area contributed by atoms with Crippen molar-refractivity contribution in [2.24, 2.45) is 7.05 Å². The van der Waals surface area contributed by atoms with Gasteiger partial charge in [0.05, 0.1) is 13.7 Å². The first-order valence-electron chi connectivity index (χ1n) is 4.19. The van der Waals surface area contributed by atoms with Crippen molar-refractivity contribution in [2.75, 3.05) is 14.2 Å². The minimum Gasteiger partial charge on any atom is -0.464 e. The second kappa shape index (κ2) is 4.26. The Bertz CT molecular complexity index is 331. The molecule has 0 aromatic carbocycles. The van der Waals surface area contributed by atoms with Gasteiger partial charge >= 0.3 is 5.97 Å². The Morgan fingerprint density at radius 1 is 1.64 bits per heavy atom. The Balaban J connectivity index is 2.90. The molecule has 5 heteroatoms. The fourth-order valence-electron chi connectivity index (χ4n) is 1.26. The van der Waals surface area contributed by atoms with E-state index in [9.17, 15) is 4.79 Å². The van der Waals surface area contributed by atoms with Gasteiger partial charge in [-0.15, -0.1) is 0 Å². The summed E-state index contributed by atoms with van der Waals surface area (Å²) in [5.74, 6) is -0.376. The van der Waals surface area contributed by atoms with Crippen molar-refractivity contribution in [1.82, 2.24) is 9.63 Å². The highest BCUT2D eigenvalue weighted by molar-refractivity contribution is 5.87. The molecule has 14 heavy (non-hydrogen) atoms. The molecule has 1 rings (SSSR count). The molecule has 0 bridgehead atoms. The monoisotopic (exact) mass is 198 g/mol. The van der Waals surface area contributed by atoms with Crippen LogP contribution in [0.4, 0.5) is 0 Å². The molecule has 5 nitrogen and oxygen atoms in total. The quantitative estimate of drug-likeness (QED) is 0.571. The van der Waals surface area contributed by atoms with Crippen LogP contribution in [-0.2, 0) is 18.3 Å². The summed E-state index contributed by atoms with van der Waals surface area (Å²) < 4.78 is 6.29. The van der Waals surface area contributed by atoms with E-state index >= 15 is 0 Å². The van der Waals surface area contributed by atoms with E-state index in [1.54, 1.807) is 30.8 Å². The minimum absolute atomic E-state index is 0.369. The standard InChI is InChI=1S/C9H14N2O3/c1-10(13)6-7-4-5-8(11(7)2)9(12)14-3/h4-5,13H,6H2,1-3H3. The van der Waals surface area contributed by atoms with Gasteiger partial charge in [0.2, 0.25) is 0 Å². The van der Waals surface area contributed by atoms with Crippen LogP contribution in [0.25, 0.3) is 0 Å². The summed E-state index contributed by atoms with van der Waals surface area (Å²) in [5.41, 5.74) is 1.32. The van der Waals surface area contributed by atoms with Crippen LogP contribution in [-0.4, -0.2) is 35.0 Å². The number of ether oxygens (including phenoxy) is 1. The smallest absolute Gasteiger partial charge is 0.354 e. The number of carbonyl (C=O) groups is 1. The molecule has 0 unspecified atom stereocenters. The lowest BCUT2D eigenvalue weighted by Crippen LogP contribution is -2.16.